The third-order valence-corrected chi connectivity index (χ3v) is 4.01. The number of hydrogen-bond donors (Lipinski definition) is 2. The minimum atomic E-state index is 0.534. The fourth-order valence-electron chi connectivity index (χ4n) is 2.02. The van der Waals surface area contributed by atoms with Gasteiger partial charge in [-0.15, -0.1) is 0 Å². The Hall–Kier alpha value is -0.680. The summed E-state index contributed by atoms with van der Waals surface area (Å²) >= 11 is 8.70. The summed E-state index contributed by atoms with van der Waals surface area (Å²) in [6, 6.07) is 4.43. The average molecular weight is 314 g/mol. The first-order valence-electron chi connectivity index (χ1n) is 5.86. The van der Waals surface area contributed by atoms with Crippen molar-refractivity contribution in [3.8, 4) is 0 Å². The van der Waals surface area contributed by atoms with Gasteiger partial charge in [-0.25, -0.2) is 4.98 Å². The number of thiocarbonyl (C=S) groups is 1. The van der Waals surface area contributed by atoms with Gasteiger partial charge in [-0.2, -0.15) is 0 Å². The van der Waals surface area contributed by atoms with Crippen LogP contribution in [0.4, 0.5) is 5.82 Å². The first-order chi connectivity index (χ1) is 8.15. The smallest absolute Gasteiger partial charge is 0.172 e. The molecule has 0 aliphatic heterocycles. The Morgan fingerprint density at radius 3 is 2.76 bits per heavy atom. The Balaban J connectivity index is 1.90. The summed E-state index contributed by atoms with van der Waals surface area (Å²) in [6.07, 6.45) is 5.04. The molecule has 2 rings (SSSR count). The van der Waals surface area contributed by atoms with Crippen LogP contribution in [0.15, 0.2) is 16.6 Å². The summed E-state index contributed by atoms with van der Waals surface area (Å²) in [6.45, 7) is 1.96. The number of rotatable bonds is 2. The van der Waals surface area contributed by atoms with Crippen molar-refractivity contribution in [2.24, 2.45) is 0 Å². The number of aromatic nitrogens is 1. The van der Waals surface area contributed by atoms with Crippen LogP contribution in [0.3, 0.4) is 0 Å². The molecular formula is C12H16BrN3S. The zero-order chi connectivity index (χ0) is 12.3. The maximum atomic E-state index is 5.27. The van der Waals surface area contributed by atoms with Crippen LogP contribution >= 0.6 is 28.1 Å². The molecule has 1 aromatic rings. The van der Waals surface area contributed by atoms with Crippen LogP contribution in [0, 0.1) is 6.92 Å². The van der Waals surface area contributed by atoms with E-state index in [4.69, 9.17) is 12.2 Å². The fraction of sp³-hybridized carbons (Fsp3) is 0.500. The predicted molar refractivity (Wildman–Crippen MR) is 78.3 cm³/mol. The number of pyridine rings is 1. The molecule has 3 nitrogen and oxygen atoms in total. The molecule has 2 N–H and O–H groups in total. The fourth-order valence-corrected chi connectivity index (χ4v) is 2.51. The molecule has 0 spiro atoms. The van der Waals surface area contributed by atoms with Crippen LogP contribution in [0.1, 0.15) is 31.4 Å². The lowest BCUT2D eigenvalue weighted by molar-refractivity contribution is 0.634. The van der Waals surface area contributed by atoms with Crippen molar-refractivity contribution in [2.75, 3.05) is 5.32 Å². The molecule has 1 saturated carbocycles. The lowest BCUT2D eigenvalue weighted by Gasteiger charge is -2.15. The van der Waals surface area contributed by atoms with Crippen LogP contribution < -0.4 is 10.6 Å². The van der Waals surface area contributed by atoms with E-state index in [-0.39, 0.29) is 0 Å². The van der Waals surface area contributed by atoms with Crippen molar-refractivity contribution >= 4 is 39.1 Å². The number of hydrogen-bond acceptors (Lipinski definition) is 2. The van der Waals surface area contributed by atoms with Gasteiger partial charge >= 0.3 is 0 Å². The van der Waals surface area contributed by atoms with Crippen molar-refractivity contribution in [1.29, 1.82) is 0 Å². The van der Waals surface area contributed by atoms with E-state index in [0.717, 1.165) is 16.0 Å². The standard InChI is InChI=1S/C12H16BrN3S/c1-8-10(13)6-7-11(14-8)16-12(17)15-9-4-2-3-5-9/h6-7,9H,2-5H2,1H3,(H2,14,15,16,17). The van der Waals surface area contributed by atoms with Crippen LogP contribution in [0.25, 0.3) is 0 Å². The highest BCUT2D eigenvalue weighted by Gasteiger charge is 2.15. The van der Waals surface area contributed by atoms with E-state index in [1.807, 2.05) is 19.1 Å². The molecule has 1 heterocycles. The Morgan fingerprint density at radius 2 is 2.12 bits per heavy atom. The van der Waals surface area contributed by atoms with Crippen molar-refractivity contribution in [1.82, 2.24) is 10.3 Å². The Labute approximate surface area is 116 Å². The molecule has 1 aliphatic rings. The Kier molecular flexibility index (Phi) is 4.34. The van der Waals surface area contributed by atoms with E-state index >= 15 is 0 Å². The first-order valence-corrected chi connectivity index (χ1v) is 7.06. The lowest BCUT2D eigenvalue weighted by atomic mass is 10.3. The first kappa shape index (κ1) is 12.8. The third kappa shape index (κ3) is 3.64. The summed E-state index contributed by atoms with van der Waals surface area (Å²) in [4.78, 5) is 4.40. The summed E-state index contributed by atoms with van der Waals surface area (Å²) in [5.41, 5.74) is 0.957. The lowest BCUT2D eigenvalue weighted by Crippen LogP contribution is -2.36. The SMILES string of the molecule is Cc1nc(NC(=S)NC2CCCC2)ccc1Br. The number of nitrogens with zero attached hydrogens (tertiary/aromatic N) is 1. The molecule has 17 heavy (non-hydrogen) atoms. The molecule has 0 aromatic carbocycles. The topological polar surface area (TPSA) is 37.0 Å². The summed E-state index contributed by atoms with van der Waals surface area (Å²) < 4.78 is 1.01. The van der Waals surface area contributed by atoms with Crippen molar-refractivity contribution in [3.63, 3.8) is 0 Å². The minimum absolute atomic E-state index is 0.534. The minimum Gasteiger partial charge on any atom is -0.360 e. The summed E-state index contributed by atoms with van der Waals surface area (Å²) in [5.74, 6) is 0.793. The maximum absolute atomic E-state index is 5.27. The van der Waals surface area contributed by atoms with Gasteiger partial charge in [-0.05, 0) is 60.0 Å². The van der Waals surface area contributed by atoms with Crippen LogP contribution in [0.5, 0.6) is 0 Å². The number of nitrogens with one attached hydrogen (secondary N) is 2. The van der Waals surface area contributed by atoms with E-state index < -0.39 is 0 Å². The average Bonchev–Trinajstić information content (AvgIpc) is 2.76. The third-order valence-electron chi connectivity index (χ3n) is 2.95. The zero-order valence-corrected chi connectivity index (χ0v) is 12.2. The van der Waals surface area contributed by atoms with E-state index in [1.54, 1.807) is 0 Å². The zero-order valence-electron chi connectivity index (χ0n) is 9.79. The van der Waals surface area contributed by atoms with E-state index in [0.29, 0.717) is 11.2 Å². The second-order valence-electron chi connectivity index (χ2n) is 4.34. The molecule has 0 atom stereocenters. The molecule has 0 radical (unpaired) electrons. The molecule has 1 aromatic heterocycles. The monoisotopic (exact) mass is 313 g/mol. The molecule has 92 valence electrons. The normalized spacial score (nSPS) is 15.9. The van der Waals surface area contributed by atoms with Gasteiger partial charge < -0.3 is 10.6 Å². The molecular weight excluding hydrogens is 298 g/mol. The predicted octanol–water partition coefficient (Wildman–Crippen LogP) is 3.38. The molecule has 0 saturated heterocycles. The number of halogens is 1. The van der Waals surface area contributed by atoms with Crippen LogP contribution in [0.2, 0.25) is 0 Å². The molecule has 0 amide bonds. The molecule has 0 unspecified atom stereocenters. The molecule has 5 heteroatoms. The van der Waals surface area contributed by atoms with E-state index in [1.165, 1.54) is 25.7 Å². The molecule has 1 aliphatic carbocycles. The van der Waals surface area contributed by atoms with Gasteiger partial charge in [0.2, 0.25) is 0 Å². The quantitative estimate of drug-likeness (QED) is 0.821. The highest BCUT2D eigenvalue weighted by atomic mass is 79.9. The van der Waals surface area contributed by atoms with Gasteiger partial charge in [0.1, 0.15) is 5.82 Å². The second-order valence-corrected chi connectivity index (χ2v) is 5.61. The van der Waals surface area contributed by atoms with Gasteiger partial charge in [0.25, 0.3) is 0 Å². The van der Waals surface area contributed by atoms with E-state index in [2.05, 4.69) is 31.5 Å². The molecule has 1 fully saturated rings. The number of anilines is 1. The van der Waals surface area contributed by atoms with Gasteiger partial charge in [0.05, 0.1) is 5.69 Å². The summed E-state index contributed by atoms with van der Waals surface area (Å²) in [7, 11) is 0. The highest BCUT2D eigenvalue weighted by Crippen LogP contribution is 2.18. The largest absolute Gasteiger partial charge is 0.360 e. The van der Waals surface area contributed by atoms with E-state index in [9.17, 15) is 0 Å². The maximum Gasteiger partial charge on any atom is 0.172 e. The van der Waals surface area contributed by atoms with Gasteiger partial charge in [-0.1, -0.05) is 12.8 Å². The van der Waals surface area contributed by atoms with Crippen LogP contribution in [-0.4, -0.2) is 16.1 Å². The second kappa shape index (κ2) is 5.78. The Bertz CT molecular complexity index is 416. The highest BCUT2D eigenvalue weighted by molar-refractivity contribution is 9.10. The summed E-state index contributed by atoms with van der Waals surface area (Å²) in [5, 5.41) is 7.13. The van der Waals surface area contributed by atoms with Gasteiger partial charge in [-0.3, -0.25) is 0 Å². The van der Waals surface area contributed by atoms with Crippen LogP contribution in [-0.2, 0) is 0 Å². The van der Waals surface area contributed by atoms with Gasteiger partial charge in [0.15, 0.2) is 5.11 Å². The van der Waals surface area contributed by atoms with Crippen molar-refractivity contribution in [3.05, 3.63) is 22.3 Å². The van der Waals surface area contributed by atoms with Crippen molar-refractivity contribution in [2.45, 2.75) is 38.6 Å². The Morgan fingerprint density at radius 1 is 1.41 bits per heavy atom. The van der Waals surface area contributed by atoms with Crippen molar-refractivity contribution < 1.29 is 0 Å². The number of aryl methyl sites for hydroxylation is 1. The van der Waals surface area contributed by atoms with Gasteiger partial charge in [0, 0.05) is 10.5 Å². The molecule has 0 bridgehead atoms.